The summed E-state index contributed by atoms with van der Waals surface area (Å²) in [7, 11) is -1.03. The highest BCUT2D eigenvalue weighted by molar-refractivity contribution is 7.84. The first-order chi connectivity index (χ1) is 15.4. The molecule has 1 amide bonds. The summed E-state index contributed by atoms with van der Waals surface area (Å²) in [4.78, 5) is 13.4. The van der Waals surface area contributed by atoms with Crippen LogP contribution in [0.1, 0.15) is 35.8 Å². The van der Waals surface area contributed by atoms with Crippen LogP contribution in [-0.4, -0.2) is 22.9 Å². The van der Waals surface area contributed by atoms with E-state index in [1.165, 1.54) is 12.1 Å². The van der Waals surface area contributed by atoms with Crippen molar-refractivity contribution in [2.75, 3.05) is 12.8 Å². The van der Waals surface area contributed by atoms with Crippen LogP contribution < -0.4 is 5.32 Å². The van der Waals surface area contributed by atoms with Crippen LogP contribution in [0.3, 0.4) is 0 Å². The second kappa shape index (κ2) is 9.49. The molecule has 4 rings (SSSR count). The van der Waals surface area contributed by atoms with E-state index in [0.29, 0.717) is 13.0 Å². The second-order valence-corrected chi connectivity index (χ2v) is 9.11. The van der Waals surface area contributed by atoms with E-state index in [2.05, 4.69) is 5.32 Å². The van der Waals surface area contributed by atoms with Gasteiger partial charge in [-0.15, -0.1) is 0 Å². The third-order valence-electron chi connectivity index (χ3n) is 5.59. The fraction of sp³-hybridized carbons (Fsp3) is 0.192. The lowest BCUT2D eigenvalue weighted by Gasteiger charge is -2.08. The molecule has 3 aromatic rings. The Labute approximate surface area is 189 Å². The highest BCUT2D eigenvalue weighted by Gasteiger charge is 2.25. The molecule has 1 N–H and O–H groups in total. The third-order valence-corrected chi connectivity index (χ3v) is 6.52. The van der Waals surface area contributed by atoms with Gasteiger partial charge in [0.25, 0.3) is 0 Å². The van der Waals surface area contributed by atoms with Crippen LogP contribution in [0.5, 0.6) is 0 Å². The van der Waals surface area contributed by atoms with E-state index in [9.17, 15) is 13.4 Å². The van der Waals surface area contributed by atoms with Gasteiger partial charge in [0.15, 0.2) is 0 Å². The second-order valence-electron chi connectivity index (χ2n) is 7.73. The van der Waals surface area contributed by atoms with Crippen LogP contribution in [0.4, 0.5) is 4.39 Å². The number of nitrogens with one attached hydrogen (secondary N) is 1. The zero-order valence-electron chi connectivity index (χ0n) is 18.0. The Morgan fingerprint density at radius 1 is 1.12 bits per heavy atom. The molecule has 0 radical (unpaired) electrons. The molecule has 0 saturated carbocycles. The Bertz CT molecular complexity index is 1220. The first kappa shape index (κ1) is 22.0. The van der Waals surface area contributed by atoms with Crippen molar-refractivity contribution >= 4 is 33.9 Å². The quantitative estimate of drug-likeness (QED) is 0.537. The molecule has 1 aliphatic carbocycles. The van der Waals surface area contributed by atoms with Crippen molar-refractivity contribution < 1.29 is 17.8 Å². The highest BCUT2D eigenvalue weighted by Crippen LogP contribution is 2.43. The van der Waals surface area contributed by atoms with Crippen LogP contribution in [0.15, 0.2) is 75.7 Å². The summed E-state index contributed by atoms with van der Waals surface area (Å²) < 4.78 is 31.0. The van der Waals surface area contributed by atoms with E-state index in [-0.39, 0.29) is 18.1 Å². The van der Waals surface area contributed by atoms with E-state index >= 15 is 0 Å². The molecule has 6 heteroatoms. The predicted molar refractivity (Wildman–Crippen MR) is 126 cm³/mol. The maximum atomic E-state index is 14.1. The zero-order valence-corrected chi connectivity index (χ0v) is 18.8. The third kappa shape index (κ3) is 4.81. The molecule has 1 heterocycles. The summed E-state index contributed by atoms with van der Waals surface area (Å²) in [5, 5.41) is 2.92. The summed E-state index contributed by atoms with van der Waals surface area (Å²) >= 11 is 0. The number of hydrogen-bond donors (Lipinski definition) is 1. The van der Waals surface area contributed by atoms with Gasteiger partial charge in [0.2, 0.25) is 5.91 Å². The van der Waals surface area contributed by atoms with Crippen molar-refractivity contribution in [3.63, 3.8) is 0 Å². The SMILES string of the molecule is CC1=C(CC(=O)NCCc2ccco2)c2cc(F)ccc2/C1=C\c1ccc(S(C)=O)cc1. The Morgan fingerprint density at radius 3 is 2.59 bits per heavy atom. The number of rotatable bonds is 7. The van der Waals surface area contributed by atoms with Gasteiger partial charge in [-0.05, 0) is 82.8 Å². The van der Waals surface area contributed by atoms with Gasteiger partial charge in [0, 0.05) is 34.9 Å². The number of hydrogen-bond acceptors (Lipinski definition) is 3. The van der Waals surface area contributed by atoms with Crippen molar-refractivity contribution in [2.24, 2.45) is 0 Å². The van der Waals surface area contributed by atoms with Crippen molar-refractivity contribution in [1.82, 2.24) is 5.32 Å². The summed E-state index contributed by atoms with van der Waals surface area (Å²) in [6.45, 7) is 2.44. The average molecular weight is 450 g/mol. The fourth-order valence-electron chi connectivity index (χ4n) is 3.91. The first-order valence-corrected chi connectivity index (χ1v) is 11.9. The molecule has 0 fully saturated rings. The molecular formula is C26H24FNO3S. The largest absolute Gasteiger partial charge is 0.469 e. The molecule has 0 aliphatic heterocycles. The van der Waals surface area contributed by atoms with Crippen molar-refractivity contribution in [2.45, 2.75) is 24.7 Å². The minimum atomic E-state index is -1.03. The average Bonchev–Trinajstić information content (AvgIpc) is 3.37. The number of furan rings is 1. The number of amides is 1. The molecular weight excluding hydrogens is 425 g/mol. The molecule has 2 aromatic carbocycles. The Hall–Kier alpha value is -3.25. The van der Waals surface area contributed by atoms with Crippen molar-refractivity contribution in [1.29, 1.82) is 0 Å². The first-order valence-electron chi connectivity index (χ1n) is 10.4. The van der Waals surface area contributed by atoms with Crippen LogP contribution in [0.2, 0.25) is 0 Å². The monoisotopic (exact) mass is 449 g/mol. The smallest absolute Gasteiger partial charge is 0.224 e. The van der Waals surface area contributed by atoms with Gasteiger partial charge in [-0.1, -0.05) is 18.2 Å². The van der Waals surface area contributed by atoms with Crippen LogP contribution >= 0.6 is 0 Å². The van der Waals surface area contributed by atoms with Crippen LogP contribution in [0, 0.1) is 5.82 Å². The standard InChI is InChI=1S/C26H24FNO3S/c1-17-23(14-18-5-8-21(9-6-18)32(2)30)22-10-7-19(27)15-25(22)24(17)16-26(29)28-12-11-20-4-3-13-31-20/h3-10,13-15H,11-12,16H2,1-2H3,(H,28,29)/b23-14-. The minimum absolute atomic E-state index is 0.114. The topological polar surface area (TPSA) is 59.3 Å². The number of halogens is 1. The van der Waals surface area contributed by atoms with E-state index in [0.717, 1.165) is 44.1 Å². The molecule has 0 saturated heterocycles. The Kier molecular flexibility index (Phi) is 6.51. The zero-order chi connectivity index (χ0) is 22.7. The van der Waals surface area contributed by atoms with E-state index in [4.69, 9.17) is 4.42 Å². The van der Waals surface area contributed by atoms with Gasteiger partial charge in [-0.25, -0.2) is 4.39 Å². The maximum Gasteiger partial charge on any atom is 0.224 e. The molecule has 32 heavy (non-hydrogen) atoms. The summed E-state index contributed by atoms with van der Waals surface area (Å²) in [6, 6.07) is 15.9. The van der Waals surface area contributed by atoms with Crippen LogP contribution in [0.25, 0.3) is 17.2 Å². The normalized spacial score (nSPS) is 15.2. The number of carbonyl (C=O) groups is 1. The molecule has 1 aromatic heterocycles. The van der Waals surface area contributed by atoms with Gasteiger partial charge in [0.1, 0.15) is 11.6 Å². The Balaban J connectivity index is 1.58. The van der Waals surface area contributed by atoms with Crippen molar-refractivity contribution in [3.05, 3.63) is 94.7 Å². The lowest BCUT2D eigenvalue weighted by atomic mass is 10.0. The number of allylic oxidation sites excluding steroid dienone is 2. The number of benzene rings is 2. The molecule has 1 unspecified atom stereocenters. The molecule has 0 spiro atoms. The molecule has 164 valence electrons. The van der Waals surface area contributed by atoms with Gasteiger partial charge in [-0.2, -0.15) is 0 Å². The molecule has 1 atom stereocenters. The summed E-state index contributed by atoms with van der Waals surface area (Å²) in [5.74, 6) is 0.373. The van der Waals surface area contributed by atoms with Gasteiger partial charge < -0.3 is 9.73 Å². The lowest BCUT2D eigenvalue weighted by Crippen LogP contribution is -2.25. The van der Waals surface area contributed by atoms with Gasteiger partial charge in [-0.3, -0.25) is 9.00 Å². The Morgan fingerprint density at radius 2 is 1.91 bits per heavy atom. The van der Waals surface area contributed by atoms with Crippen LogP contribution in [-0.2, 0) is 22.0 Å². The van der Waals surface area contributed by atoms with E-state index in [1.807, 2.05) is 49.4 Å². The summed E-state index contributed by atoms with van der Waals surface area (Å²) in [6.07, 6.45) is 6.07. The van der Waals surface area contributed by atoms with E-state index < -0.39 is 10.8 Å². The number of fused-ring (bicyclic) bond motifs is 1. The summed E-state index contributed by atoms with van der Waals surface area (Å²) in [5.41, 5.74) is 5.35. The molecule has 1 aliphatic rings. The minimum Gasteiger partial charge on any atom is -0.469 e. The lowest BCUT2D eigenvalue weighted by molar-refractivity contribution is -0.120. The van der Waals surface area contributed by atoms with Gasteiger partial charge in [0.05, 0.1) is 12.7 Å². The highest BCUT2D eigenvalue weighted by atomic mass is 32.2. The number of carbonyl (C=O) groups excluding carboxylic acids is 1. The van der Waals surface area contributed by atoms with Crippen molar-refractivity contribution in [3.8, 4) is 0 Å². The fourth-order valence-corrected chi connectivity index (χ4v) is 4.43. The molecule has 0 bridgehead atoms. The molecule has 4 nitrogen and oxygen atoms in total. The van der Waals surface area contributed by atoms with Gasteiger partial charge >= 0.3 is 0 Å². The van der Waals surface area contributed by atoms with E-state index in [1.54, 1.807) is 18.6 Å². The maximum absolute atomic E-state index is 14.1. The predicted octanol–water partition coefficient (Wildman–Crippen LogP) is 5.23.